The number of carbonyl (C=O) groups excluding carboxylic acids is 3. The molecule has 22 heavy (non-hydrogen) atoms. The van der Waals surface area contributed by atoms with E-state index in [1.54, 1.807) is 13.0 Å². The fraction of sp³-hybridized carbons (Fsp3) is 0.267. The number of rotatable bonds is 5. The van der Waals surface area contributed by atoms with Gasteiger partial charge in [0.1, 0.15) is 11.4 Å². The Morgan fingerprint density at radius 2 is 2.00 bits per heavy atom. The number of hydrogen-bond donors (Lipinski definition) is 3. The largest absolute Gasteiger partial charge is 0.505 e. The molecule has 1 heterocycles. The Kier molecular flexibility index (Phi) is 4.27. The number of benzene rings is 1. The molecule has 1 aromatic carbocycles. The van der Waals surface area contributed by atoms with Gasteiger partial charge in [0.15, 0.2) is 5.78 Å². The van der Waals surface area contributed by atoms with E-state index in [-0.39, 0.29) is 41.6 Å². The summed E-state index contributed by atoms with van der Waals surface area (Å²) in [6.45, 7) is 2.64. The first-order valence-corrected chi connectivity index (χ1v) is 6.65. The number of aryl methyl sites for hydroxylation is 1. The highest BCUT2D eigenvalue weighted by molar-refractivity contribution is 6.17. The summed E-state index contributed by atoms with van der Waals surface area (Å²) < 4.78 is 0. The van der Waals surface area contributed by atoms with Crippen molar-refractivity contribution in [3.8, 4) is 5.75 Å². The summed E-state index contributed by atoms with van der Waals surface area (Å²) in [7, 11) is 0. The highest BCUT2D eigenvalue weighted by Gasteiger charge is 2.31. The highest BCUT2D eigenvalue weighted by atomic mass is 16.3. The minimum absolute atomic E-state index is 0.0196. The number of ketones is 1. The number of phenols is 1. The van der Waals surface area contributed by atoms with E-state index in [0.29, 0.717) is 0 Å². The Balaban J connectivity index is 2.33. The predicted molar refractivity (Wildman–Crippen MR) is 78.4 cm³/mol. The van der Waals surface area contributed by atoms with Gasteiger partial charge in [-0.1, -0.05) is 0 Å². The lowest BCUT2D eigenvalue weighted by atomic mass is 10.1. The van der Waals surface area contributed by atoms with Crippen molar-refractivity contribution in [2.24, 2.45) is 0 Å². The summed E-state index contributed by atoms with van der Waals surface area (Å²) in [5.41, 5.74) is 1.000. The predicted octanol–water partition coefficient (Wildman–Crippen LogP) is 0.560. The normalized spacial score (nSPS) is 14.3. The van der Waals surface area contributed by atoms with Crippen LogP contribution in [0.4, 0.5) is 5.69 Å². The number of aliphatic hydroxyl groups is 1. The molecule has 2 amide bonds. The van der Waals surface area contributed by atoms with E-state index in [9.17, 15) is 19.5 Å². The Hall–Kier alpha value is -2.67. The fourth-order valence-corrected chi connectivity index (χ4v) is 2.20. The number of carbonyl (C=O) groups is 3. The molecule has 0 atom stereocenters. The summed E-state index contributed by atoms with van der Waals surface area (Å²) in [6, 6.07) is 3.10. The van der Waals surface area contributed by atoms with Crippen molar-refractivity contribution in [3.05, 3.63) is 35.0 Å². The molecule has 0 saturated carbocycles. The van der Waals surface area contributed by atoms with Crippen LogP contribution in [0.1, 0.15) is 22.8 Å². The molecule has 3 N–H and O–H groups in total. The maximum Gasteiger partial charge on any atom is 0.277 e. The average molecular weight is 304 g/mol. The third-order valence-corrected chi connectivity index (χ3v) is 3.24. The van der Waals surface area contributed by atoms with Crippen LogP contribution in [0.5, 0.6) is 5.75 Å². The number of nitrogens with zero attached hydrogens (tertiary/aromatic N) is 1. The van der Waals surface area contributed by atoms with Crippen molar-refractivity contribution < 1.29 is 24.6 Å². The van der Waals surface area contributed by atoms with Crippen LogP contribution in [-0.4, -0.2) is 45.9 Å². The molecule has 1 aliphatic heterocycles. The number of aliphatic hydroxyl groups excluding tert-OH is 1. The van der Waals surface area contributed by atoms with Crippen molar-refractivity contribution in [3.63, 3.8) is 0 Å². The van der Waals surface area contributed by atoms with Crippen molar-refractivity contribution in [2.75, 3.05) is 18.5 Å². The maximum absolute atomic E-state index is 12.0. The van der Waals surface area contributed by atoms with Crippen molar-refractivity contribution >= 4 is 23.3 Å². The zero-order valence-corrected chi connectivity index (χ0v) is 12.2. The molecule has 0 radical (unpaired) electrons. The smallest absolute Gasteiger partial charge is 0.277 e. The van der Waals surface area contributed by atoms with Gasteiger partial charge in [-0.25, -0.2) is 0 Å². The Bertz CT molecular complexity index is 693. The number of nitrogens with one attached hydrogen (secondary N) is 1. The minimum atomic E-state index is -0.593. The first-order chi connectivity index (χ1) is 10.3. The highest BCUT2D eigenvalue weighted by Crippen LogP contribution is 2.31. The van der Waals surface area contributed by atoms with Crippen LogP contribution in [0.3, 0.4) is 0 Å². The Morgan fingerprint density at radius 3 is 2.59 bits per heavy atom. The number of amides is 2. The molecule has 0 spiro atoms. The van der Waals surface area contributed by atoms with Crippen LogP contribution in [0.2, 0.25) is 0 Å². The molecule has 0 saturated heterocycles. The second-order valence-electron chi connectivity index (χ2n) is 4.97. The first kappa shape index (κ1) is 15.7. The molecular formula is C15H16N2O5. The monoisotopic (exact) mass is 304 g/mol. The van der Waals surface area contributed by atoms with Crippen LogP contribution in [0, 0.1) is 6.92 Å². The average Bonchev–Trinajstić information content (AvgIpc) is 2.70. The topological polar surface area (TPSA) is 107 Å². The third-order valence-electron chi connectivity index (χ3n) is 3.24. The molecule has 1 aliphatic rings. The molecule has 116 valence electrons. The number of hydrogen-bond acceptors (Lipinski definition) is 6. The summed E-state index contributed by atoms with van der Waals surface area (Å²) in [5, 5.41) is 21.6. The molecule has 7 nitrogen and oxygen atoms in total. The molecule has 2 rings (SSSR count). The molecule has 0 bridgehead atoms. The fourth-order valence-electron chi connectivity index (χ4n) is 2.20. The maximum atomic E-state index is 12.0. The Labute approximate surface area is 126 Å². The van der Waals surface area contributed by atoms with Crippen LogP contribution >= 0.6 is 0 Å². The second kappa shape index (κ2) is 5.98. The van der Waals surface area contributed by atoms with Gasteiger partial charge in [0.25, 0.3) is 11.8 Å². The van der Waals surface area contributed by atoms with E-state index in [1.807, 2.05) is 0 Å². The number of anilines is 1. The molecule has 0 fully saturated rings. The van der Waals surface area contributed by atoms with Gasteiger partial charge in [-0.05, 0) is 31.5 Å². The number of phenolic OH excluding ortho intramolecular Hbond substituents is 1. The lowest BCUT2D eigenvalue weighted by molar-refractivity contribution is -0.137. The van der Waals surface area contributed by atoms with Crippen LogP contribution in [0.25, 0.3) is 0 Å². The van der Waals surface area contributed by atoms with Gasteiger partial charge in [-0.2, -0.15) is 0 Å². The number of β-amino-alcohol motifs (C(OH)–C–C–N with tert-alkyl or cyclic N) is 1. The lowest BCUT2D eigenvalue weighted by Gasteiger charge is -2.15. The molecule has 0 aliphatic carbocycles. The Morgan fingerprint density at radius 1 is 1.32 bits per heavy atom. The standard InChI is InChI=1S/C15H16N2O5/c1-8-5-10(9(2)19)14(21)11(6-8)16-12-7-13(20)17(3-4-18)15(12)22/h5-7,16,18,21H,3-4H2,1-2H3. The van der Waals surface area contributed by atoms with E-state index >= 15 is 0 Å². The van der Waals surface area contributed by atoms with Gasteiger partial charge in [-0.15, -0.1) is 0 Å². The van der Waals surface area contributed by atoms with E-state index in [4.69, 9.17) is 5.11 Å². The summed E-state index contributed by atoms with van der Waals surface area (Å²) in [4.78, 5) is 36.1. The van der Waals surface area contributed by atoms with Crippen LogP contribution < -0.4 is 5.32 Å². The first-order valence-electron chi connectivity index (χ1n) is 6.65. The van der Waals surface area contributed by atoms with Gasteiger partial charge < -0.3 is 15.5 Å². The van der Waals surface area contributed by atoms with Crippen molar-refractivity contribution in [2.45, 2.75) is 13.8 Å². The van der Waals surface area contributed by atoms with Crippen molar-refractivity contribution in [1.82, 2.24) is 4.90 Å². The second-order valence-corrected chi connectivity index (χ2v) is 4.97. The van der Waals surface area contributed by atoms with E-state index < -0.39 is 11.8 Å². The summed E-state index contributed by atoms with van der Waals surface area (Å²) in [6.07, 6.45) is 1.09. The molecule has 7 heteroatoms. The molecule has 1 aromatic rings. The molecule has 0 unspecified atom stereocenters. The quantitative estimate of drug-likeness (QED) is 0.417. The molecule has 0 aromatic heterocycles. The SMILES string of the molecule is CC(=O)c1cc(C)cc(NC2=CC(=O)N(CCO)C2=O)c1O. The van der Waals surface area contributed by atoms with Gasteiger partial charge in [0.2, 0.25) is 0 Å². The van der Waals surface area contributed by atoms with E-state index in [0.717, 1.165) is 16.5 Å². The number of aromatic hydroxyl groups is 1. The van der Waals surface area contributed by atoms with Crippen LogP contribution in [-0.2, 0) is 9.59 Å². The molecular weight excluding hydrogens is 288 g/mol. The van der Waals surface area contributed by atoms with Gasteiger partial charge >= 0.3 is 0 Å². The van der Waals surface area contributed by atoms with Crippen molar-refractivity contribution in [1.29, 1.82) is 0 Å². The zero-order chi connectivity index (χ0) is 16.4. The lowest BCUT2D eigenvalue weighted by Crippen LogP contribution is -2.34. The number of Topliss-reactive ketones (excluding diaryl/α,β-unsaturated/α-hetero) is 1. The zero-order valence-electron chi connectivity index (χ0n) is 12.2. The van der Waals surface area contributed by atoms with Gasteiger partial charge in [0.05, 0.1) is 24.4 Å². The summed E-state index contributed by atoms with van der Waals surface area (Å²) in [5.74, 6) is -1.72. The summed E-state index contributed by atoms with van der Waals surface area (Å²) >= 11 is 0. The van der Waals surface area contributed by atoms with Gasteiger partial charge in [-0.3, -0.25) is 19.3 Å². The van der Waals surface area contributed by atoms with E-state index in [2.05, 4.69) is 5.32 Å². The minimum Gasteiger partial charge on any atom is -0.505 e. The van der Waals surface area contributed by atoms with Gasteiger partial charge in [0, 0.05) is 6.08 Å². The third kappa shape index (κ3) is 2.84. The van der Waals surface area contributed by atoms with Crippen LogP contribution in [0.15, 0.2) is 23.9 Å². The number of imide groups is 1. The van der Waals surface area contributed by atoms with E-state index in [1.165, 1.54) is 13.0 Å².